The van der Waals surface area contributed by atoms with Crippen molar-refractivity contribution in [3.8, 4) is 0 Å². The second-order valence-corrected chi connectivity index (χ2v) is 7.83. The fraction of sp³-hybridized carbons (Fsp3) is 0.632. The SMILES string of the molecule is CC(C)C(NC(=O)C(CC(=O)O)NC(=O)C(N)CCC(N)=O)C(=O)NC(CCC(=O)O)C(=O)O. The Bertz CT molecular complexity index is 800. The lowest BCUT2D eigenvalue weighted by Gasteiger charge is -2.26. The Balaban J connectivity index is 5.42. The molecule has 0 aliphatic rings. The third kappa shape index (κ3) is 11.8. The van der Waals surface area contributed by atoms with E-state index in [0.717, 1.165) is 0 Å². The van der Waals surface area contributed by atoms with Crippen LogP contribution in [0.25, 0.3) is 0 Å². The summed E-state index contributed by atoms with van der Waals surface area (Å²) in [4.78, 5) is 81.5. The van der Waals surface area contributed by atoms with Gasteiger partial charge in [-0.3, -0.25) is 28.8 Å². The lowest BCUT2D eigenvalue weighted by molar-refractivity contribution is -0.144. The van der Waals surface area contributed by atoms with Crippen molar-refractivity contribution in [2.45, 2.75) is 70.1 Å². The second-order valence-electron chi connectivity index (χ2n) is 7.83. The number of nitrogens with one attached hydrogen (secondary N) is 3. The van der Waals surface area contributed by atoms with E-state index < -0.39 is 90.9 Å². The molecule has 0 bridgehead atoms. The summed E-state index contributed by atoms with van der Waals surface area (Å²) in [7, 11) is 0. The van der Waals surface area contributed by atoms with Crippen LogP contribution in [0.1, 0.15) is 46.0 Å². The number of primary amides is 1. The molecule has 15 nitrogen and oxygen atoms in total. The van der Waals surface area contributed by atoms with Crippen LogP contribution in [0.4, 0.5) is 0 Å². The monoisotopic (exact) mass is 489 g/mol. The third-order valence-corrected chi connectivity index (χ3v) is 4.56. The molecule has 10 N–H and O–H groups in total. The zero-order chi connectivity index (χ0) is 26.6. The Morgan fingerprint density at radius 2 is 1.29 bits per heavy atom. The summed E-state index contributed by atoms with van der Waals surface area (Å²) in [5.41, 5.74) is 10.6. The highest BCUT2D eigenvalue weighted by atomic mass is 16.4. The van der Waals surface area contributed by atoms with Gasteiger partial charge in [-0.2, -0.15) is 0 Å². The standard InChI is InChI=1S/C19H31N5O10/c1-8(2)15(18(32)22-10(19(33)34)4-6-13(26)27)24-17(31)11(7-14(28)29)23-16(30)9(20)3-5-12(21)25/h8-11,15H,3-7,20H2,1-2H3,(H2,21,25)(H,22,32)(H,23,30)(H,24,31)(H,26,27)(H,28,29)(H,33,34). The number of carboxylic acids is 3. The second kappa shape index (κ2) is 14.4. The van der Waals surface area contributed by atoms with Gasteiger partial charge >= 0.3 is 17.9 Å². The zero-order valence-corrected chi connectivity index (χ0v) is 18.8. The number of hydrogen-bond donors (Lipinski definition) is 8. The molecule has 0 saturated carbocycles. The van der Waals surface area contributed by atoms with Crippen LogP contribution in [-0.4, -0.2) is 81.0 Å². The van der Waals surface area contributed by atoms with Gasteiger partial charge in [0.1, 0.15) is 18.1 Å². The average Bonchev–Trinajstić information content (AvgIpc) is 2.71. The number of amides is 4. The fourth-order valence-corrected chi connectivity index (χ4v) is 2.67. The maximum Gasteiger partial charge on any atom is 0.326 e. The van der Waals surface area contributed by atoms with E-state index in [1.165, 1.54) is 13.8 Å². The van der Waals surface area contributed by atoms with E-state index in [1.54, 1.807) is 0 Å². The molecule has 0 rings (SSSR count). The lowest BCUT2D eigenvalue weighted by atomic mass is 10.0. The van der Waals surface area contributed by atoms with E-state index >= 15 is 0 Å². The molecule has 0 saturated heterocycles. The molecule has 4 atom stereocenters. The molecule has 4 unspecified atom stereocenters. The molecule has 0 aliphatic heterocycles. The van der Waals surface area contributed by atoms with Crippen LogP contribution in [0.15, 0.2) is 0 Å². The topological polar surface area (TPSA) is 268 Å². The first-order valence-electron chi connectivity index (χ1n) is 10.3. The maximum absolute atomic E-state index is 12.7. The van der Waals surface area contributed by atoms with Crippen molar-refractivity contribution in [2.75, 3.05) is 0 Å². The third-order valence-electron chi connectivity index (χ3n) is 4.56. The molecule has 0 aromatic rings. The molecule has 0 fully saturated rings. The first-order chi connectivity index (χ1) is 15.6. The van der Waals surface area contributed by atoms with Crippen LogP contribution in [0.2, 0.25) is 0 Å². The number of nitrogens with two attached hydrogens (primary N) is 2. The van der Waals surface area contributed by atoms with E-state index in [-0.39, 0.29) is 12.8 Å². The molecule has 192 valence electrons. The van der Waals surface area contributed by atoms with Crippen molar-refractivity contribution < 1.29 is 48.9 Å². The van der Waals surface area contributed by atoms with Gasteiger partial charge in [-0.25, -0.2) is 4.79 Å². The van der Waals surface area contributed by atoms with E-state index in [4.69, 9.17) is 21.7 Å². The summed E-state index contributed by atoms with van der Waals surface area (Å²) >= 11 is 0. The zero-order valence-electron chi connectivity index (χ0n) is 18.8. The molecule has 0 aromatic carbocycles. The van der Waals surface area contributed by atoms with Gasteiger partial charge in [0, 0.05) is 12.8 Å². The minimum absolute atomic E-state index is 0.146. The molecular formula is C19H31N5O10. The predicted molar refractivity (Wildman–Crippen MR) is 114 cm³/mol. The summed E-state index contributed by atoms with van der Waals surface area (Å²) in [6, 6.07) is -5.78. The van der Waals surface area contributed by atoms with Gasteiger partial charge in [0.2, 0.25) is 23.6 Å². The van der Waals surface area contributed by atoms with Crippen molar-refractivity contribution in [3.05, 3.63) is 0 Å². The van der Waals surface area contributed by atoms with Crippen LogP contribution >= 0.6 is 0 Å². The van der Waals surface area contributed by atoms with Crippen molar-refractivity contribution in [3.63, 3.8) is 0 Å². The van der Waals surface area contributed by atoms with Gasteiger partial charge in [0.05, 0.1) is 12.5 Å². The minimum Gasteiger partial charge on any atom is -0.481 e. The van der Waals surface area contributed by atoms with Gasteiger partial charge in [-0.15, -0.1) is 0 Å². The Kier molecular flexibility index (Phi) is 12.8. The van der Waals surface area contributed by atoms with Crippen molar-refractivity contribution in [1.82, 2.24) is 16.0 Å². The predicted octanol–water partition coefficient (Wildman–Crippen LogP) is -2.89. The van der Waals surface area contributed by atoms with Crippen LogP contribution in [0.5, 0.6) is 0 Å². The Hall–Kier alpha value is -3.75. The van der Waals surface area contributed by atoms with Crippen LogP contribution in [0.3, 0.4) is 0 Å². The van der Waals surface area contributed by atoms with E-state index in [0.29, 0.717) is 0 Å². The minimum atomic E-state index is -1.64. The van der Waals surface area contributed by atoms with Gasteiger partial charge < -0.3 is 42.7 Å². The number of carboxylic acid groups (broad SMARTS) is 3. The van der Waals surface area contributed by atoms with Gasteiger partial charge in [-0.1, -0.05) is 13.8 Å². The van der Waals surface area contributed by atoms with E-state index in [1.807, 2.05) is 0 Å². The molecule has 34 heavy (non-hydrogen) atoms. The van der Waals surface area contributed by atoms with E-state index in [2.05, 4.69) is 16.0 Å². The lowest BCUT2D eigenvalue weighted by Crippen LogP contribution is -2.58. The summed E-state index contributed by atoms with van der Waals surface area (Å²) in [6.07, 6.45) is -2.16. The number of carbonyl (C=O) groups is 7. The number of hydrogen-bond acceptors (Lipinski definition) is 8. The van der Waals surface area contributed by atoms with Gasteiger partial charge in [0.15, 0.2) is 0 Å². The first kappa shape index (κ1) is 30.2. The summed E-state index contributed by atoms with van der Waals surface area (Å²) in [5, 5.41) is 33.6. The molecule has 0 heterocycles. The summed E-state index contributed by atoms with van der Waals surface area (Å²) < 4.78 is 0. The van der Waals surface area contributed by atoms with Gasteiger partial charge in [-0.05, 0) is 18.8 Å². The number of rotatable bonds is 16. The normalized spacial score (nSPS) is 14.2. The number of carbonyl (C=O) groups excluding carboxylic acids is 4. The summed E-state index contributed by atoms with van der Waals surface area (Å²) in [6.45, 7) is 3.03. The molecule has 4 amide bonds. The Labute approximate surface area is 194 Å². The van der Waals surface area contributed by atoms with Crippen molar-refractivity contribution >= 4 is 41.5 Å². The fourth-order valence-electron chi connectivity index (χ4n) is 2.67. The first-order valence-corrected chi connectivity index (χ1v) is 10.3. The average molecular weight is 489 g/mol. The quantitative estimate of drug-likeness (QED) is 0.109. The Morgan fingerprint density at radius 3 is 1.74 bits per heavy atom. The highest BCUT2D eigenvalue weighted by Gasteiger charge is 2.33. The van der Waals surface area contributed by atoms with Crippen LogP contribution < -0.4 is 27.4 Å². The van der Waals surface area contributed by atoms with Gasteiger partial charge in [0.25, 0.3) is 0 Å². The molecule has 0 aliphatic carbocycles. The largest absolute Gasteiger partial charge is 0.481 e. The van der Waals surface area contributed by atoms with Crippen LogP contribution in [-0.2, 0) is 33.6 Å². The number of aliphatic carboxylic acids is 3. The molecule has 15 heteroatoms. The Morgan fingerprint density at radius 1 is 0.735 bits per heavy atom. The molecule has 0 radical (unpaired) electrons. The molecule has 0 spiro atoms. The molecular weight excluding hydrogens is 458 g/mol. The smallest absolute Gasteiger partial charge is 0.326 e. The maximum atomic E-state index is 12.7. The van der Waals surface area contributed by atoms with Crippen molar-refractivity contribution in [1.29, 1.82) is 0 Å². The summed E-state index contributed by atoms with van der Waals surface area (Å²) in [5.74, 6) is -8.43. The highest BCUT2D eigenvalue weighted by molar-refractivity contribution is 5.95. The molecule has 0 aromatic heterocycles. The van der Waals surface area contributed by atoms with Crippen LogP contribution in [0, 0.1) is 5.92 Å². The van der Waals surface area contributed by atoms with Crippen molar-refractivity contribution in [2.24, 2.45) is 17.4 Å². The van der Waals surface area contributed by atoms with E-state index in [9.17, 15) is 38.7 Å². The highest BCUT2D eigenvalue weighted by Crippen LogP contribution is 2.07.